The number of hydrogen-bond acceptors (Lipinski definition) is 2. The summed E-state index contributed by atoms with van der Waals surface area (Å²) >= 11 is 0. The molecule has 82 valence electrons. The number of nitrogens with zero attached hydrogens (tertiary/aromatic N) is 1. The van der Waals surface area contributed by atoms with Crippen molar-refractivity contribution in [2.75, 3.05) is 13.1 Å². The molecule has 1 heterocycles. The summed E-state index contributed by atoms with van der Waals surface area (Å²) in [5, 5.41) is 12.4. The van der Waals surface area contributed by atoms with Gasteiger partial charge in [-0.1, -0.05) is 12.7 Å². The summed E-state index contributed by atoms with van der Waals surface area (Å²) in [6, 6.07) is 2.42. The highest BCUT2D eigenvalue weighted by molar-refractivity contribution is 5.07. The molecule has 0 aromatic heterocycles. The molecule has 2 nitrogen and oxygen atoms in total. The smallest absolute Gasteiger partial charge is 0.115 e. The third kappa shape index (κ3) is 3.85. The summed E-state index contributed by atoms with van der Waals surface area (Å²) < 4.78 is 12.3. The molecule has 0 saturated carbocycles. The molecule has 1 rings (SSSR count). The van der Waals surface area contributed by atoms with Crippen molar-refractivity contribution in [2.24, 2.45) is 5.41 Å². The maximum absolute atomic E-state index is 12.3. The molecule has 0 spiro atoms. The summed E-state index contributed by atoms with van der Waals surface area (Å²) in [6.07, 6.45) is 6.48. The molecular weight excluding hydrogens is 191 g/mol. The van der Waals surface area contributed by atoms with E-state index in [1.165, 1.54) is 6.08 Å². The quantitative estimate of drug-likeness (QED) is 0.721. The van der Waals surface area contributed by atoms with Crippen LogP contribution in [0.25, 0.3) is 0 Å². The Balaban J connectivity index is 2.40. The summed E-state index contributed by atoms with van der Waals surface area (Å²) in [6.45, 7) is 4.97. The Kier molecular flexibility index (Phi) is 4.51. The van der Waals surface area contributed by atoms with Gasteiger partial charge in [0.25, 0.3) is 0 Å². The van der Waals surface area contributed by atoms with Crippen molar-refractivity contribution in [2.45, 2.75) is 25.7 Å². The molecule has 0 unspecified atom stereocenters. The number of piperidine rings is 1. The van der Waals surface area contributed by atoms with Crippen LogP contribution in [-0.2, 0) is 0 Å². The Morgan fingerprint density at radius 1 is 1.53 bits per heavy atom. The first-order valence-electron chi connectivity index (χ1n) is 5.31. The van der Waals surface area contributed by atoms with Gasteiger partial charge >= 0.3 is 0 Å². The lowest BCUT2D eigenvalue weighted by molar-refractivity contribution is 0.264. The van der Waals surface area contributed by atoms with Crippen molar-refractivity contribution in [3.05, 3.63) is 24.6 Å². The molecule has 1 aliphatic heterocycles. The van der Waals surface area contributed by atoms with Gasteiger partial charge in [0.1, 0.15) is 5.83 Å². The van der Waals surface area contributed by atoms with Crippen molar-refractivity contribution in [1.82, 2.24) is 5.32 Å². The normalized spacial score (nSPS) is 20.0. The van der Waals surface area contributed by atoms with Gasteiger partial charge in [0, 0.05) is 0 Å². The zero-order valence-corrected chi connectivity index (χ0v) is 8.93. The molecule has 0 amide bonds. The number of hydrogen-bond donors (Lipinski definition) is 1. The van der Waals surface area contributed by atoms with Crippen molar-refractivity contribution in [1.29, 1.82) is 5.26 Å². The second-order valence-corrected chi connectivity index (χ2v) is 4.03. The third-order valence-electron chi connectivity index (χ3n) is 2.89. The van der Waals surface area contributed by atoms with E-state index < -0.39 is 5.83 Å². The number of allylic oxidation sites excluding steroid dienone is 3. The van der Waals surface area contributed by atoms with E-state index in [0.717, 1.165) is 38.8 Å². The largest absolute Gasteiger partial charge is 0.317 e. The lowest BCUT2D eigenvalue weighted by Crippen LogP contribution is -2.35. The lowest BCUT2D eigenvalue weighted by Gasteiger charge is -2.30. The van der Waals surface area contributed by atoms with E-state index in [0.29, 0.717) is 0 Å². The average molecular weight is 208 g/mol. The van der Waals surface area contributed by atoms with Crippen LogP contribution in [0.2, 0.25) is 0 Å². The second-order valence-electron chi connectivity index (χ2n) is 4.03. The summed E-state index contributed by atoms with van der Waals surface area (Å²) in [5.74, 6) is -0.425. The molecule has 0 aromatic rings. The Bertz CT molecular complexity index is 282. The van der Waals surface area contributed by atoms with E-state index in [9.17, 15) is 4.39 Å². The Morgan fingerprint density at radius 2 is 2.20 bits per heavy atom. The third-order valence-corrected chi connectivity index (χ3v) is 2.89. The minimum Gasteiger partial charge on any atom is -0.317 e. The summed E-state index contributed by atoms with van der Waals surface area (Å²) in [7, 11) is 0. The fourth-order valence-electron chi connectivity index (χ4n) is 1.89. The van der Waals surface area contributed by atoms with Crippen LogP contribution in [0.1, 0.15) is 25.7 Å². The van der Waals surface area contributed by atoms with Crippen molar-refractivity contribution in [3.8, 4) is 6.07 Å². The van der Waals surface area contributed by atoms with Crippen LogP contribution in [0.3, 0.4) is 0 Å². The van der Waals surface area contributed by atoms with Gasteiger partial charge in [-0.25, -0.2) is 4.39 Å². The van der Waals surface area contributed by atoms with Crippen LogP contribution in [0, 0.1) is 16.7 Å². The Hall–Kier alpha value is -1.14. The molecule has 0 atom stereocenters. The van der Waals surface area contributed by atoms with Crippen LogP contribution in [0.4, 0.5) is 4.39 Å². The van der Waals surface area contributed by atoms with Gasteiger partial charge in [0.2, 0.25) is 0 Å². The van der Waals surface area contributed by atoms with E-state index in [2.05, 4.69) is 18.0 Å². The van der Waals surface area contributed by atoms with Crippen LogP contribution in [0.5, 0.6) is 0 Å². The molecule has 0 radical (unpaired) electrons. The van der Waals surface area contributed by atoms with Crippen molar-refractivity contribution in [3.63, 3.8) is 0 Å². The predicted molar refractivity (Wildman–Crippen MR) is 58.8 cm³/mol. The monoisotopic (exact) mass is 208 g/mol. The Labute approximate surface area is 90.5 Å². The topological polar surface area (TPSA) is 35.8 Å². The molecule has 0 aromatic carbocycles. The fraction of sp³-hybridized carbons (Fsp3) is 0.583. The molecule has 1 N–H and O–H groups in total. The zero-order valence-electron chi connectivity index (χ0n) is 8.93. The van der Waals surface area contributed by atoms with Gasteiger partial charge in [0.15, 0.2) is 0 Å². The molecular formula is C12H17FN2. The summed E-state index contributed by atoms with van der Waals surface area (Å²) in [4.78, 5) is 0. The standard InChI is InChI=1S/C12H17FN2/c1-11(13)4-2-3-5-12(10-14)6-8-15-9-7-12/h2,4,15H,1,3,5-9H2/b4-2-. The van der Waals surface area contributed by atoms with E-state index in [1.54, 1.807) is 6.08 Å². The number of nitrogens with one attached hydrogen (secondary N) is 1. The number of rotatable bonds is 4. The SMILES string of the molecule is C=C(F)/C=C\CCC1(C#N)CCNCC1. The molecule has 0 bridgehead atoms. The first kappa shape index (κ1) is 11.9. The number of halogens is 1. The minimum absolute atomic E-state index is 0.201. The maximum Gasteiger partial charge on any atom is 0.115 e. The fourth-order valence-corrected chi connectivity index (χ4v) is 1.89. The highest BCUT2D eigenvalue weighted by atomic mass is 19.1. The van der Waals surface area contributed by atoms with E-state index in [1.807, 2.05) is 0 Å². The van der Waals surface area contributed by atoms with Crippen molar-refractivity contribution >= 4 is 0 Å². The van der Waals surface area contributed by atoms with Crippen LogP contribution < -0.4 is 5.32 Å². The predicted octanol–water partition coefficient (Wildman–Crippen LogP) is 2.70. The lowest BCUT2D eigenvalue weighted by atomic mass is 9.77. The first-order chi connectivity index (χ1) is 7.18. The molecule has 1 fully saturated rings. The van der Waals surface area contributed by atoms with Gasteiger partial charge in [-0.2, -0.15) is 5.26 Å². The van der Waals surface area contributed by atoms with Gasteiger partial charge in [-0.15, -0.1) is 0 Å². The molecule has 1 aliphatic rings. The number of nitriles is 1. The van der Waals surface area contributed by atoms with Crippen LogP contribution in [-0.4, -0.2) is 13.1 Å². The first-order valence-corrected chi connectivity index (χ1v) is 5.31. The van der Waals surface area contributed by atoms with Gasteiger partial charge in [-0.3, -0.25) is 0 Å². The van der Waals surface area contributed by atoms with E-state index in [4.69, 9.17) is 5.26 Å². The van der Waals surface area contributed by atoms with E-state index in [-0.39, 0.29) is 5.41 Å². The van der Waals surface area contributed by atoms with Gasteiger partial charge in [0.05, 0.1) is 11.5 Å². The molecule has 1 saturated heterocycles. The van der Waals surface area contributed by atoms with Crippen molar-refractivity contribution < 1.29 is 4.39 Å². The van der Waals surface area contributed by atoms with Gasteiger partial charge in [-0.05, 0) is 44.8 Å². The van der Waals surface area contributed by atoms with Crippen LogP contribution >= 0.6 is 0 Å². The molecule has 3 heteroatoms. The second kappa shape index (κ2) is 5.67. The maximum atomic E-state index is 12.3. The van der Waals surface area contributed by atoms with Gasteiger partial charge < -0.3 is 5.32 Å². The zero-order chi connectivity index (χ0) is 11.1. The Morgan fingerprint density at radius 3 is 2.73 bits per heavy atom. The highest BCUT2D eigenvalue weighted by Crippen LogP contribution is 2.33. The van der Waals surface area contributed by atoms with E-state index >= 15 is 0 Å². The highest BCUT2D eigenvalue weighted by Gasteiger charge is 2.30. The average Bonchev–Trinajstić information content (AvgIpc) is 2.26. The van der Waals surface area contributed by atoms with Crippen LogP contribution in [0.15, 0.2) is 24.6 Å². The minimum atomic E-state index is -0.425. The molecule has 0 aliphatic carbocycles. The molecule has 15 heavy (non-hydrogen) atoms. The summed E-state index contributed by atoms with van der Waals surface area (Å²) in [5.41, 5.74) is -0.201.